The zero-order valence-electron chi connectivity index (χ0n) is 19.7. The van der Waals surface area contributed by atoms with Crippen LogP contribution in [0, 0.1) is 5.92 Å². The molecule has 1 atom stereocenters. The number of hydrogen-bond donors (Lipinski definition) is 1. The summed E-state index contributed by atoms with van der Waals surface area (Å²) in [6.45, 7) is 4.74. The topological polar surface area (TPSA) is 85.3 Å². The number of hydrogen-bond acceptors (Lipinski definition) is 6. The van der Waals surface area contributed by atoms with Crippen LogP contribution in [0.15, 0.2) is 72.3 Å². The molecule has 1 saturated heterocycles. The van der Waals surface area contributed by atoms with Crippen LogP contribution in [0.25, 0.3) is 5.76 Å². The number of benzene rings is 3. The first-order valence-electron chi connectivity index (χ1n) is 11.5. The fraction of sp³-hybridized carbons (Fsp3) is 0.214. The molecule has 36 heavy (non-hydrogen) atoms. The van der Waals surface area contributed by atoms with Crippen molar-refractivity contribution >= 4 is 34.7 Å². The number of fused-ring (bicyclic) bond motifs is 1. The number of amides is 1. The Hall–Kier alpha value is -3.97. The number of ketones is 1. The highest BCUT2D eigenvalue weighted by Crippen LogP contribution is 2.45. The first kappa shape index (κ1) is 23.8. The van der Waals surface area contributed by atoms with E-state index in [1.165, 1.54) is 4.90 Å². The van der Waals surface area contributed by atoms with Crippen molar-refractivity contribution in [3.05, 3.63) is 88.5 Å². The number of halogens is 1. The first-order valence-corrected chi connectivity index (χ1v) is 11.9. The predicted molar refractivity (Wildman–Crippen MR) is 136 cm³/mol. The normalized spacial score (nSPS) is 18.2. The largest absolute Gasteiger partial charge is 0.507 e. The number of anilines is 1. The van der Waals surface area contributed by atoms with E-state index in [4.69, 9.17) is 25.8 Å². The summed E-state index contributed by atoms with van der Waals surface area (Å²) in [7, 11) is 0. The molecular formula is C28H24ClNO6. The van der Waals surface area contributed by atoms with Crippen molar-refractivity contribution in [1.82, 2.24) is 0 Å². The molecule has 2 heterocycles. The Kier molecular flexibility index (Phi) is 6.33. The molecule has 0 aliphatic carbocycles. The van der Waals surface area contributed by atoms with E-state index < -0.39 is 17.7 Å². The van der Waals surface area contributed by atoms with Gasteiger partial charge in [-0.2, -0.15) is 0 Å². The first-order chi connectivity index (χ1) is 17.3. The van der Waals surface area contributed by atoms with Crippen LogP contribution in [0.3, 0.4) is 0 Å². The standard InChI is InChI=1S/C28H24ClNO6/c1-16(2)14-34-21-10-5-18(6-11-21)26(31)24-25(17-3-7-19(29)8-4-17)30(28(33)27(24)32)20-9-12-22-23(13-20)36-15-35-22/h3-13,16,25,31H,14-15H2,1-2H3/b26-24+. The Bertz CT molecular complexity index is 1350. The molecular weight excluding hydrogens is 482 g/mol. The molecule has 3 aromatic rings. The Morgan fingerprint density at radius 2 is 1.72 bits per heavy atom. The van der Waals surface area contributed by atoms with Crippen molar-refractivity contribution in [1.29, 1.82) is 0 Å². The summed E-state index contributed by atoms with van der Waals surface area (Å²) in [6, 6.07) is 17.7. The van der Waals surface area contributed by atoms with Crippen molar-refractivity contribution in [2.45, 2.75) is 19.9 Å². The smallest absolute Gasteiger partial charge is 0.300 e. The molecule has 1 fully saturated rings. The molecule has 0 spiro atoms. The van der Waals surface area contributed by atoms with Gasteiger partial charge in [-0.1, -0.05) is 37.6 Å². The number of aliphatic hydroxyl groups is 1. The van der Waals surface area contributed by atoms with E-state index >= 15 is 0 Å². The van der Waals surface area contributed by atoms with Crippen LogP contribution >= 0.6 is 11.6 Å². The highest BCUT2D eigenvalue weighted by Gasteiger charge is 2.47. The fourth-order valence-corrected chi connectivity index (χ4v) is 4.35. The van der Waals surface area contributed by atoms with E-state index in [9.17, 15) is 14.7 Å². The minimum atomic E-state index is -0.875. The minimum absolute atomic E-state index is 0.0177. The Balaban J connectivity index is 1.59. The third kappa shape index (κ3) is 4.38. The number of Topliss-reactive ketones (excluding diaryl/α,β-unsaturated/α-hetero) is 1. The van der Waals surface area contributed by atoms with Crippen LogP contribution in [0.2, 0.25) is 5.02 Å². The molecule has 0 aromatic heterocycles. The third-order valence-corrected chi connectivity index (χ3v) is 6.23. The molecule has 3 aromatic carbocycles. The van der Waals surface area contributed by atoms with Crippen LogP contribution in [-0.4, -0.2) is 30.2 Å². The Morgan fingerprint density at radius 3 is 2.42 bits per heavy atom. The van der Waals surface area contributed by atoms with E-state index in [-0.39, 0.29) is 18.1 Å². The number of carbonyl (C=O) groups is 2. The van der Waals surface area contributed by atoms with Crippen LogP contribution in [0.1, 0.15) is 31.0 Å². The summed E-state index contributed by atoms with van der Waals surface area (Å²) in [6.07, 6.45) is 0. The molecule has 0 bridgehead atoms. The zero-order valence-corrected chi connectivity index (χ0v) is 20.5. The third-order valence-electron chi connectivity index (χ3n) is 5.98. The van der Waals surface area contributed by atoms with E-state index in [0.717, 1.165) is 0 Å². The van der Waals surface area contributed by atoms with Gasteiger partial charge in [0.25, 0.3) is 11.7 Å². The summed E-state index contributed by atoms with van der Waals surface area (Å²) < 4.78 is 16.6. The number of rotatable bonds is 6. The molecule has 1 N–H and O–H groups in total. The second-order valence-electron chi connectivity index (χ2n) is 8.99. The second kappa shape index (κ2) is 9.59. The average Bonchev–Trinajstić information content (AvgIpc) is 3.45. The van der Waals surface area contributed by atoms with Crippen molar-refractivity contribution in [2.75, 3.05) is 18.3 Å². The van der Waals surface area contributed by atoms with Gasteiger partial charge in [0.15, 0.2) is 11.5 Å². The fourth-order valence-electron chi connectivity index (χ4n) is 4.22. The summed E-state index contributed by atoms with van der Waals surface area (Å²) in [5.74, 6) is 0.226. The minimum Gasteiger partial charge on any atom is -0.507 e. The number of aliphatic hydroxyl groups excluding tert-OH is 1. The lowest BCUT2D eigenvalue weighted by atomic mass is 9.95. The number of ether oxygens (including phenoxy) is 3. The summed E-state index contributed by atoms with van der Waals surface area (Å²) in [5, 5.41) is 11.8. The monoisotopic (exact) mass is 505 g/mol. The maximum atomic E-state index is 13.3. The molecule has 184 valence electrons. The Morgan fingerprint density at radius 1 is 1.03 bits per heavy atom. The van der Waals surface area contributed by atoms with Crippen LogP contribution in [0.4, 0.5) is 5.69 Å². The van der Waals surface area contributed by atoms with E-state index in [2.05, 4.69) is 13.8 Å². The number of nitrogens with zero attached hydrogens (tertiary/aromatic N) is 1. The summed E-state index contributed by atoms with van der Waals surface area (Å²) >= 11 is 6.10. The van der Waals surface area contributed by atoms with Gasteiger partial charge in [0.1, 0.15) is 11.5 Å². The molecule has 0 radical (unpaired) electrons. The van der Waals surface area contributed by atoms with E-state index in [1.54, 1.807) is 66.7 Å². The van der Waals surface area contributed by atoms with Gasteiger partial charge in [-0.25, -0.2) is 0 Å². The molecule has 5 rings (SSSR count). The van der Waals surface area contributed by atoms with Crippen LogP contribution in [0.5, 0.6) is 17.2 Å². The lowest BCUT2D eigenvalue weighted by Crippen LogP contribution is -2.29. The lowest BCUT2D eigenvalue weighted by Gasteiger charge is -2.25. The van der Waals surface area contributed by atoms with Crippen molar-refractivity contribution < 1.29 is 28.9 Å². The highest BCUT2D eigenvalue weighted by atomic mass is 35.5. The second-order valence-corrected chi connectivity index (χ2v) is 9.42. The van der Waals surface area contributed by atoms with Gasteiger partial charge in [0.05, 0.1) is 18.2 Å². The molecule has 2 aliphatic rings. The number of carbonyl (C=O) groups excluding carboxylic acids is 2. The van der Waals surface area contributed by atoms with Gasteiger partial charge in [-0.15, -0.1) is 0 Å². The van der Waals surface area contributed by atoms with Crippen LogP contribution < -0.4 is 19.1 Å². The SMILES string of the molecule is CC(C)COc1ccc(/C(O)=C2\C(=O)C(=O)N(c3ccc4c(c3)OCO4)C2c2ccc(Cl)cc2)cc1. The van der Waals surface area contributed by atoms with E-state index in [0.29, 0.717) is 51.6 Å². The molecule has 8 heteroatoms. The van der Waals surface area contributed by atoms with Gasteiger partial charge in [0.2, 0.25) is 6.79 Å². The Labute approximate surface area is 213 Å². The molecule has 2 aliphatic heterocycles. The molecule has 0 saturated carbocycles. The molecule has 1 unspecified atom stereocenters. The maximum absolute atomic E-state index is 13.3. The lowest BCUT2D eigenvalue weighted by molar-refractivity contribution is -0.132. The van der Waals surface area contributed by atoms with Gasteiger partial charge in [-0.05, 0) is 60.0 Å². The quantitative estimate of drug-likeness (QED) is 0.261. The van der Waals surface area contributed by atoms with Crippen molar-refractivity contribution in [3.63, 3.8) is 0 Å². The predicted octanol–water partition coefficient (Wildman–Crippen LogP) is 5.73. The average molecular weight is 506 g/mol. The van der Waals surface area contributed by atoms with Crippen LogP contribution in [-0.2, 0) is 9.59 Å². The van der Waals surface area contributed by atoms with E-state index in [1.807, 2.05) is 0 Å². The zero-order chi connectivity index (χ0) is 25.4. The van der Waals surface area contributed by atoms with Gasteiger partial charge >= 0.3 is 0 Å². The van der Waals surface area contributed by atoms with Crippen molar-refractivity contribution in [2.24, 2.45) is 5.92 Å². The summed E-state index contributed by atoms with van der Waals surface area (Å²) in [5.41, 5.74) is 1.44. The summed E-state index contributed by atoms with van der Waals surface area (Å²) in [4.78, 5) is 28.0. The molecule has 1 amide bonds. The maximum Gasteiger partial charge on any atom is 0.300 e. The molecule has 7 nitrogen and oxygen atoms in total. The van der Waals surface area contributed by atoms with Crippen molar-refractivity contribution in [3.8, 4) is 17.2 Å². The van der Waals surface area contributed by atoms with Gasteiger partial charge in [0, 0.05) is 22.3 Å². The van der Waals surface area contributed by atoms with Gasteiger partial charge < -0.3 is 19.3 Å². The highest BCUT2D eigenvalue weighted by molar-refractivity contribution is 6.51. The van der Waals surface area contributed by atoms with Gasteiger partial charge in [-0.3, -0.25) is 14.5 Å².